The first-order valence-corrected chi connectivity index (χ1v) is 8.61. The Bertz CT molecular complexity index is 236. The van der Waals surface area contributed by atoms with Gasteiger partial charge in [0.1, 0.15) is 6.04 Å². The zero-order chi connectivity index (χ0) is 13.0. The average molecular weight is 247 g/mol. The molecule has 0 aromatic rings. The summed E-state index contributed by atoms with van der Waals surface area (Å²) >= 11 is 0. The van der Waals surface area contributed by atoms with Crippen LogP contribution < -0.4 is 5.73 Å². The number of aliphatic carboxylic acids is 1. The van der Waals surface area contributed by atoms with Gasteiger partial charge in [0.05, 0.1) is 0 Å². The Balaban J connectivity index is 3.87. The van der Waals surface area contributed by atoms with Crippen molar-refractivity contribution in [1.29, 1.82) is 0 Å². The molecule has 0 saturated heterocycles. The van der Waals surface area contributed by atoms with Gasteiger partial charge in [-0.3, -0.25) is 4.79 Å². The highest BCUT2D eigenvalue weighted by Gasteiger charge is 2.36. The van der Waals surface area contributed by atoms with Gasteiger partial charge < -0.3 is 15.3 Å². The Hall–Kier alpha value is -0.393. The van der Waals surface area contributed by atoms with Crippen molar-refractivity contribution in [2.75, 3.05) is 6.61 Å². The normalized spacial score (nSPS) is 14.9. The summed E-state index contributed by atoms with van der Waals surface area (Å²) in [6, 6.07) is -0.761. The fourth-order valence-corrected chi connectivity index (χ4v) is 2.06. The van der Waals surface area contributed by atoms with Crippen LogP contribution in [0.2, 0.25) is 18.1 Å². The van der Waals surface area contributed by atoms with Crippen LogP contribution in [0.25, 0.3) is 0 Å². The van der Waals surface area contributed by atoms with Crippen molar-refractivity contribution in [1.82, 2.24) is 0 Å². The van der Waals surface area contributed by atoms with E-state index in [0.29, 0.717) is 19.4 Å². The highest BCUT2D eigenvalue weighted by atomic mass is 28.4. The molecule has 0 fully saturated rings. The fourth-order valence-electron chi connectivity index (χ4n) is 0.971. The van der Waals surface area contributed by atoms with Gasteiger partial charge in [0.25, 0.3) is 0 Å². The van der Waals surface area contributed by atoms with Crippen molar-refractivity contribution < 1.29 is 14.3 Å². The van der Waals surface area contributed by atoms with E-state index >= 15 is 0 Å². The zero-order valence-corrected chi connectivity index (χ0v) is 12.0. The molecule has 0 aromatic carbocycles. The molecule has 0 radical (unpaired) electrons. The van der Waals surface area contributed by atoms with Crippen LogP contribution in [0.15, 0.2) is 0 Å². The van der Waals surface area contributed by atoms with E-state index < -0.39 is 20.3 Å². The molecule has 0 bridgehead atoms. The van der Waals surface area contributed by atoms with E-state index in [9.17, 15) is 4.79 Å². The minimum absolute atomic E-state index is 0.196. The maximum Gasteiger partial charge on any atom is 0.320 e. The number of carbonyl (C=O) groups is 1. The summed E-state index contributed by atoms with van der Waals surface area (Å²) in [6.07, 6.45) is 1.18. The third-order valence-electron chi connectivity index (χ3n) is 3.25. The number of hydrogen-bond donors (Lipinski definition) is 2. The summed E-state index contributed by atoms with van der Waals surface area (Å²) in [4.78, 5) is 10.5. The topological polar surface area (TPSA) is 72.5 Å². The molecule has 0 aliphatic rings. The lowest BCUT2D eigenvalue weighted by atomic mass is 10.2. The Kier molecular flexibility index (Phi) is 5.65. The van der Waals surface area contributed by atoms with Crippen LogP contribution in [0.5, 0.6) is 0 Å². The van der Waals surface area contributed by atoms with Gasteiger partial charge in [0.15, 0.2) is 8.32 Å². The van der Waals surface area contributed by atoms with Crippen molar-refractivity contribution >= 4 is 14.3 Å². The second-order valence-electron chi connectivity index (χ2n) is 5.70. The van der Waals surface area contributed by atoms with Crippen LogP contribution in [0.1, 0.15) is 33.6 Å². The first kappa shape index (κ1) is 15.6. The van der Waals surface area contributed by atoms with Crippen molar-refractivity contribution in [3.63, 3.8) is 0 Å². The van der Waals surface area contributed by atoms with E-state index in [1.807, 2.05) is 0 Å². The summed E-state index contributed by atoms with van der Waals surface area (Å²) in [5, 5.41) is 8.81. The third-order valence-corrected chi connectivity index (χ3v) is 7.78. The molecule has 0 saturated carbocycles. The van der Waals surface area contributed by atoms with E-state index in [4.69, 9.17) is 15.3 Å². The Labute approximate surface area is 99.3 Å². The lowest BCUT2D eigenvalue weighted by Gasteiger charge is -2.36. The Morgan fingerprint density at radius 1 is 1.44 bits per heavy atom. The van der Waals surface area contributed by atoms with Crippen LogP contribution in [0.4, 0.5) is 0 Å². The zero-order valence-electron chi connectivity index (χ0n) is 11.0. The highest BCUT2D eigenvalue weighted by Crippen LogP contribution is 2.36. The second-order valence-corrected chi connectivity index (χ2v) is 10.5. The molecule has 96 valence electrons. The number of nitrogens with two attached hydrogens (primary N) is 1. The second kappa shape index (κ2) is 5.79. The van der Waals surface area contributed by atoms with Gasteiger partial charge in [-0.05, 0) is 31.0 Å². The summed E-state index contributed by atoms with van der Waals surface area (Å²) < 4.78 is 5.91. The molecule has 0 aliphatic heterocycles. The predicted molar refractivity (Wildman–Crippen MR) is 68.0 cm³/mol. The summed E-state index contributed by atoms with van der Waals surface area (Å²) in [5.41, 5.74) is 5.41. The molecular weight excluding hydrogens is 222 g/mol. The average Bonchev–Trinajstić information content (AvgIpc) is 2.09. The molecule has 1 atom stereocenters. The predicted octanol–water partition coefficient (Wildman–Crippen LogP) is 2.20. The highest BCUT2D eigenvalue weighted by molar-refractivity contribution is 6.74. The first-order valence-electron chi connectivity index (χ1n) is 5.70. The van der Waals surface area contributed by atoms with Crippen LogP contribution in [0.3, 0.4) is 0 Å². The van der Waals surface area contributed by atoms with E-state index in [0.717, 1.165) is 0 Å². The number of carboxylic acids is 1. The number of hydrogen-bond acceptors (Lipinski definition) is 3. The van der Waals surface area contributed by atoms with Gasteiger partial charge in [-0.25, -0.2) is 0 Å². The first-order chi connectivity index (χ1) is 7.08. The minimum atomic E-state index is -1.69. The fraction of sp³-hybridized carbons (Fsp3) is 0.909. The Morgan fingerprint density at radius 3 is 2.31 bits per heavy atom. The molecule has 0 heterocycles. The van der Waals surface area contributed by atoms with Crippen LogP contribution in [0, 0.1) is 0 Å². The van der Waals surface area contributed by atoms with Crippen molar-refractivity contribution in [3.8, 4) is 0 Å². The summed E-state index contributed by atoms with van der Waals surface area (Å²) in [7, 11) is -1.69. The lowest BCUT2D eigenvalue weighted by Crippen LogP contribution is -2.41. The van der Waals surface area contributed by atoms with Gasteiger partial charge in [-0.1, -0.05) is 20.8 Å². The molecule has 16 heavy (non-hydrogen) atoms. The molecule has 0 amide bonds. The molecule has 4 nitrogen and oxygen atoms in total. The molecule has 0 aromatic heterocycles. The maximum absolute atomic E-state index is 10.5. The van der Waals surface area contributed by atoms with Crippen LogP contribution in [-0.4, -0.2) is 32.0 Å². The van der Waals surface area contributed by atoms with E-state index in [-0.39, 0.29) is 5.04 Å². The molecule has 3 N–H and O–H groups in total. The van der Waals surface area contributed by atoms with Gasteiger partial charge in [-0.2, -0.15) is 0 Å². The number of rotatable bonds is 6. The standard InChI is InChI=1S/C11H25NO3Si/c1-11(2,3)16(4,5)15-8-6-7-9(12)10(13)14/h9H,6-8,12H2,1-5H3,(H,13,14). The van der Waals surface area contributed by atoms with E-state index in [1.54, 1.807) is 0 Å². The van der Waals surface area contributed by atoms with Crippen LogP contribution >= 0.6 is 0 Å². The van der Waals surface area contributed by atoms with Gasteiger partial charge in [-0.15, -0.1) is 0 Å². The monoisotopic (exact) mass is 247 g/mol. The Morgan fingerprint density at radius 2 is 1.94 bits per heavy atom. The smallest absolute Gasteiger partial charge is 0.320 e. The molecule has 0 spiro atoms. The molecule has 0 rings (SSSR count). The number of carboxylic acid groups (broad SMARTS) is 1. The third kappa shape index (κ3) is 5.09. The molecule has 0 aliphatic carbocycles. The minimum Gasteiger partial charge on any atom is -0.480 e. The van der Waals surface area contributed by atoms with Gasteiger partial charge >= 0.3 is 5.97 Å². The maximum atomic E-state index is 10.5. The van der Waals surface area contributed by atoms with Crippen molar-refractivity contribution in [3.05, 3.63) is 0 Å². The van der Waals surface area contributed by atoms with Crippen molar-refractivity contribution in [2.24, 2.45) is 5.73 Å². The van der Waals surface area contributed by atoms with Crippen LogP contribution in [-0.2, 0) is 9.22 Å². The quantitative estimate of drug-likeness (QED) is 0.557. The van der Waals surface area contributed by atoms with Gasteiger partial charge in [0.2, 0.25) is 0 Å². The molecular formula is C11H25NO3Si. The molecule has 5 heteroatoms. The molecule has 1 unspecified atom stereocenters. The lowest BCUT2D eigenvalue weighted by molar-refractivity contribution is -0.138. The van der Waals surface area contributed by atoms with Crippen molar-refractivity contribution in [2.45, 2.75) is 57.8 Å². The van der Waals surface area contributed by atoms with E-state index in [2.05, 4.69) is 33.9 Å². The SMILES string of the molecule is CC(C)(C)[Si](C)(C)OCCCC(N)C(=O)O. The van der Waals surface area contributed by atoms with E-state index in [1.165, 1.54) is 0 Å². The summed E-state index contributed by atoms with van der Waals surface area (Å²) in [6.45, 7) is 11.5. The van der Waals surface area contributed by atoms with Gasteiger partial charge in [0, 0.05) is 6.61 Å². The summed E-state index contributed by atoms with van der Waals surface area (Å²) in [5.74, 6) is -0.938. The largest absolute Gasteiger partial charge is 0.480 e.